The minimum Gasteiger partial charge on any atom is -0.344 e. The number of carbonyl (C=O) groups excluding carboxylic acids is 2. The van der Waals surface area contributed by atoms with Gasteiger partial charge in [0.05, 0.1) is 5.54 Å². The van der Waals surface area contributed by atoms with E-state index in [4.69, 9.17) is 6.42 Å². The SMILES string of the molecule is C#C[C@@](C)(CC)NC(=O)[C@H]1CCCCC(=O)N1. The van der Waals surface area contributed by atoms with Gasteiger partial charge in [-0.2, -0.15) is 0 Å². The van der Waals surface area contributed by atoms with Crippen molar-refractivity contribution in [1.82, 2.24) is 10.6 Å². The van der Waals surface area contributed by atoms with E-state index in [0.717, 1.165) is 12.8 Å². The molecule has 2 atom stereocenters. The number of hydrogen-bond donors (Lipinski definition) is 2. The molecule has 0 radical (unpaired) electrons. The Labute approximate surface area is 103 Å². The first kappa shape index (κ1) is 13.6. The van der Waals surface area contributed by atoms with E-state index in [9.17, 15) is 9.59 Å². The number of carbonyl (C=O) groups is 2. The zero-order chi connectivity index (χ0) is 12.9. The van der Waals surface area contributed by atoms with E-state index in [1.807, 2.05) is 13.8 Å². The molecular weight excluding hydrogens is 216 g/mol. The highest BCUT2D eigenvalue weighted by atomic mass is 16.2. The van der Waals surface area contributed by atoms with Crippen LogP contribution in [0.25, 0.3) is 0 Å². The first-order valence-electron chi connectivity index (χ1n) is 6.10. The Morgan fingerprint density at radius 3 is 2.94 bits per heavy atom. The van der Waals surface area contributed by atoms with Gasteiger partial charge in [-0.15, -0.1) is 6.42 Å². The van der Waals surface area contributed by atoms with Crippen LogP contribution in [0.3, 0.4) is 0 Å². The van der Waals surface area contributed by atoms with Crippen molar-refractivity contribution < 1.29 is 9.59 Å². The molecule has 2 N–H and O–H groups in total. The van der Waals surface area contributed by atoms with Crippen LogP contribution >= 0.6 is 0 Å². The van der Waals surface area contributed by atoms with Crippen LogP contribution in [0, 0.1) is 12.3 Å². The van der Waals surface area contributed by atoms with Crippen molar-refractivity contribution in [2.75, 3.05) is 0 Å². The second-order valence-electron chi connectivity index (χ2n) is 4.69. The van der Waals surface area contributed by atoms with Crippen molar-refractivity contribution in [1.29, 1.82) is 0 Å². The van der Waals surface area contributed by atoms with Gasteiger partial charge < -0.3 is 10.6 Å². The highest BCUT2D eigenvalue weighted by molar-refractivity contribution is 5.88. The molecule has 1 aliphatic rings. The van der Waals surface area contributed by atoms with Crippen molar-refractivity contribution in [3.05, 3.63) is 0 Å². The van der Waals surface area contributed by atoms with Crippen molar-refractivity contribution in [3.63, 3.8) is 0 Å². The largest absolute Gasteiger partial charge is 0.344 e. The Balaban J connectivity index is 2.63. The average Bonchev–Trinajstić information content (AvgIpc) is 2.53. The van der Waals surface area contributed by atoms with Crippen molar-refractivity contribution >= 4 is 11.8 Å². The molecule has 0 aromatic rings. The van der Waals surface area contributed by atoms with Crippen LogP contribution < -0.4 is 10.6 Å². The van der Waals surface area contributed by atoms with Gasteiger partial charge >= 0.3 is 0 Å². The van der Waals surface area contributed by atoms with Crippen molar-refractivity contribution in [2.45, 2.75) is 57.5 Å². The van der Waals surface area contributed by atoms with E-state index < -0.39 is 11.6 Å². The number of nitrogens with one attached hydrogen (secondary N) is 2. The molecule has 0 spiro atoms. The van der Waals surface area contributed by atoms with Crippen LogP contribution in [0.2, 0.25) is 0 Å². The predicted octanol–water partition coefficient (Wildman–Crippen LogP) is 0.963. The van der Waals surface area contributed by atoms with Crippen LogP contribution in [0.5, 0.6) is 0 Å². The van der Waals surface area contributed by atoms with E-state index in [1.165, 1.54) is 0 Å². The third-order valence-electron chi connectivity index (χ3n) is 3.22. The zero-order valence-corrected chi connectivity index (χ0v) is 10.5. The molecule has 0 aromatic heterocycles. The Hall–Kier alpha value is -1.50. The summed E-state index contributed by atoms with van der Waals surface area (Å²) in [6.45, 7) is 3.73. The smallest absolute Gasteiger partial charge is 0.243 e. The molecule has 17 heavy (non-hydrogen) atoms. The average molecular weight is 236 g/mol. The molecular formula is C13H20N2O2. The summed E-state index contributed by atoms with van der Waals surface area (Å²) in [7, 11) is 0. The molecule has 4 nitrogen and oxygen atoms in total. The molecule has 0 saturated carbocycles. The molecule has 94 valence electrons. The third-order valence-corrected chi connectivity index (χ3v) is 3.22. The minimum atomic E-state index is -0.631. The molecule has 0 aromatic carbocycles. The topological polar surface area (TPSA) is 58.2 Å². The first-order valence-corrected chi connectivity index (χ1v) is 6.10. The fraction of sp³-hybridized carbons (Fsp3) is 0.692. The summed E-state index contributed by atoms with van der Waals surface area (Å²) < 4.78 is 0. The summed E-state index contributed by atoms with van der Waals surface area (Å²) >= 11 is 0. The van der Waals surface area contributed by atoms with Crippen LogP contribution in [0.1, 0.15) is 46.0 Å². The van der Waals surface area contributed by atoms with Crippen molar-refractivity contribution in [2.24, 2.45) is 0 Å². The number of rotatable bonds is 3. The first-order chi connectivity index (χ1) is 8.00. The molecule has 1 aliphatic heterocycles. The van der Waals surface area contributed by atoms with Crippen LogP contribution in [0.15, 0.2) is 0 Å². The molecule has 0 unspecified atom stereocenters. The Morgan fingerprint density at radius 1 is 1.65 bits per heavy atom. The lowest BCUT2D eigenvalue weighted by Gasteiger charge is -2.26. The lowest BCUT2D eigenvalue weighted by Crippen LogP contribution is -2.53. The van der Waals surface area contributed by atoms with Crippen molar-refractivity contribution in [3.8, 4) is 12.3 Å². The van der Waals surface area contributed by atoms with E-state index >= 15 is 0 Å². The monoisotopic (exact) mass is 236 g/mol. The predicted molar refractivity (Wildman–Crippen MR) is 66.1 cm³/mol. The summed E-state index contributed by atoms with van der Waals surface area (Å²) in [4.78, 5) is 23.4. The van der Waals surface area contributed by atoms with Crippen LogP contribution in [-0.4, -0.2) is 23.4 Å². The van der Waals surface area contributed by atoms with Gasteiger partial charge in [0.2, 0.25) is 11.8 Å². The number of terminal acetylenes is 1. The van der Waals surface area contributed by atoms with Gasteiger partial charge in [-0.3, -0.25) is 9.59 Å². The fourth-order valence-electron chi connectivity index (χ4n) is 1.75. The molecule has 1 fully saturated rings. The van der Waals surface area contributed by atoms with E-state index in [-0.39, 0.29) is 11.8 Å². The molecule has 0 aliphatic carbocycles. The number of hydrogen-bond acceptors (Lipinski definition) is 2. The Kier molecular flexibility index (Phi) is 4.56. The van der Waals surface area contributed by atoms with E-state index in [0.29, 0.717) is 19.3 Å². The second kappa shape index (κ2) is 5.72. The van der Waals surface area contributed by atoms with Gasteiger partial charge in [-0.25, -0.2) is 0 Å². The maximum atomic E-state index is 12.0. The van der Waals surface area contributed by atoms with Gasteiger partial charge in [0.1, 0.15) is 6.04 Å². The molecule has 1 rings (SSSR count). The Morgan fingerprint density at radius 2 is 2.35 bits per heavy atom. The molecule has 1 heterocycles. The lowest BCUT2D eigenvalue weighted by atomic mass is 9.99. The third kappa shape index (κ3) is 3.77. The summed E-state index contributed by atoms with van der Waals surface area (Å²) in [6.07, 6.45) is 8.98. The summed E-state index contributed by atoms with van der Waals surface area (Å²) in [6, 6.07) is -0.441. The minimum absolute atomic E-state index is 0.0541. The molecule has 1 saturated heterocycles. The van der Waals surface area contributed by atoms with Gasteiger partial charge in [-0.05, 0) is 26.2 Å². The van der Waals surface area contributed by atoms with E-state index in [1.54, 1.807) is 0 Å². The highest BCUT2D eigenvalue weighted by Crippen LogP contribution is 2.12. The normalized spacial score (nSPS) is 23.8. The molecule has 2 amide bonds. The van der Waals surface area contributed by atoms with Gasteiger partial charge in [-0.1, -0.05) is 19.3 Å². The summed E-state index contributed by atoms with van der Waals surface area (Å²) in [5.41, 5.74) is -0.631. The van der Waals surface area contributed by atoms with Crippen LogP contribution in [-0.2, 0) is 9.59 Å². The highest BCUT2D eigenvalue weighted by Gasteiger charge is 2.28. The summed E-state index contributed by atoms with van der Waals surface area (Å²) in [5.74, 6) is 2.35. The second-order valence-corrected chi connectivity index (χ2v) is 4.69. The standard InChI is InChI=1S/C13H20N2O2/c1-4-13(3,5-2)15-12(17)10-8-6-7-9-11(16)14-10/h1,10H,5-9H2,2-3H3,(H,14,16)(H,15,17)/t10-,13+/m1/s1. The van der Waals surface area contributed by atoms with Gasteiger partial charge in [0.15, 0.2) is 0 Å². The molecule has 4 heteroatoms. The lowest BCUT2D eigenvalue weighted by molar-refractivity contribution is -0.129. The maximum absolute atomic E-state index is 12.0. The fourth-order valence-corrected chi connectivity index (χ4v) is 1.75. The maximum Gasteiger partial charge on any atom is 0.243 e. The van der Waals surface area contributed by atoms with Crippen LogP contribution in [0.4, 0.5) is 0 Å². The van der Waals surface area contributed by atoms with Gasteiger partial charge in [0.25, 0.3) is 0 Å². The Bertz CT molecular complexity index is 346. The van der Waals surface area contributed by atoms with E-state index in [2.05, 4.69) is 16.6 Å². The van der Waals surface area contributed by atoms with Gasteiger partial charge in [0, 0.05) is 6.42 Å². The summed E-state index contributed by atoms with van der Waals surface area (Å²) in [5, 5.41) is 5.55. The molecule has 0 bridgehead atoms. The quantitative estimate of drug-likeness (QED) is 0.717. The number of amides is 2. The zero-order valence-electron chi connectivity index (χ0n) is 10.5.